The van der Waals surface area contributed by atoms with Crippen LogP contribution in [0.1, 0.15) is 13.8 Å². The molecule has 4 heteroatoms. The lowest BCUT2D eigenvalue weighted by Gasteiger charge is -2.03. The van der Waals surface area contributed by atoms with E-state index in [4.69, 9.17) is 5.11 Å². The molecule has 9 heavy (non-hydrogen) atoms. The molecule has 0 amide bonds. The first-order valence-electron chi connectivity index (χ1n) is 2.44. The van der Waals surface area contributed by atoms with E-state index >= 15 is 0 Å². The third kappa shape index (κ3) is 3.52. The first-order valence-corrected chi connectivity index (χ1v) is 2.44. The van der Waals surface area contributed by atoms with Crippen LogP contribution in [0, 0.1) is 0 Å². The van der Waals surface area contributed by atoms with Crippen molar-refractivity contribution in [3.05, 3.63) is 0 Å². The summed E-state index contributed by atoms with van der Waals surface area (Å²) >= 11 is 0. The minimum atomic E-state index is -1.42. The summed E-state index contributed by atoms with van der Waals surface area (Å²) in [6, 6.07) is 0. The van der Waals surface area contributed by atoms with Gasteiger partial charge in [0.15, 0.2) is 11.9 Å². The average Bonchev–Trinajstić information content (AvgIpc) is 1.63. The zero-order valence-electron chi connectivity index (χ0n) is 5.25. The topological polar surface area (TPSA) is 63.6 Å². The highest BCUT2D eigenvalue weighted by Crippen LogP contribution is 1.91. The maximum Gasteiger partial charge on any atom is 0.506 e. The lowest BCUT2D eigenvalue weighted by molar-refractivity contribution is -0.125. The van der Waals surface area contributed by atoms with Gasteiger partial charge in [0.2, 0.25) is 0 Å². The molecule has 1 atom stereocenters. The normalized spacial score (nSPS) is 12.2. The lowest BCUT2D eigenvalue weighted by Crippen LogP contribution is -2.20. The van der Waals surface area contributed by atoms with Crippen molar-refractivity contribution < 1.29 is 19.4 Å². The number of rotatable bonds is 2. The third-order valence-electron chi connectivity index (χ3n) is 0.850. The van der Waals surface area contributed by atoms with Gasteiger partial charge in [-0.05, 0) is 13.8 Å². The largest absolute Gasteiger partial charge is 0.506 e. The molecule has 0 radical (unpaired) electrons. The lowest BCUT2D eigenvalue weighted by atomic mass is 10.3. The Morgan fingerprint density at radius 3 is 2.11 bits per heavy atom. The molecule has 4 nitrogen and oxygen atoms in total. The Morgan fingerprint density at radius 1 is 1.56 bits per heavy atom. The van der Waals surface area contributed by atoms with E-state index in [9.17, 15) is 9.59 Å². The molecule has 52 valence electrons. The molecule has 0 saturated carbocycles. The Hall–Kier alpha value is -1.06. The fraction of sp³-hybridized carbons (Fsp3) is 0.600. The minimum Gasteiger partial charge on any atom is -0.450 e. The molecule has 0 aromatic heterocycles. The van der Waals surface area contributed by atoms with E-state index in [1.807, 2.05) is 0 Å². The molecule has 1 unspecified atom stereocenters. The molecule has 0 heterocycles. The Morgan fingerprint density at radius 2 is 2.00 bits per heavy atom. The molecule has 0 aliphatic carbocycles. The standard InChI is InChI=1S/C5H8O4/c1-3(6)4(2)9-5(7)8/h4H,1-2H3,(H,7,8). The van der Waals surface area contributed by atoms with Gasteiger partial charge < -0.3 is 9.84 Å². The third-order valence-corrected chi connectivity index (χ3v) is 0.850. The van der Waals surface area contributed by atoms with E-state index in [0.717, 1.165) is 0 Å². The molecule has 0 fully saturated rings. The van der Waals surface area contributed by atoms with Crippen LogP contribution in [0.5, 0.6) is 0 Å². The molecule has 1 N–H and O–H groups in total. The Labute approximate surface area is 52.4 Å². The van der Waals surface area contributed by atoms with Crippen LogP contribution in [-0.2, 0) is 9.53 Å². The van der Waals surface area contributed by atoms with Crippen molar-refractivity contribution in [3.8, 4) is 0 Å². The predicted molar refractivity (Wildman–Crippen MR) is 29.3 cm³/mol. The molecule has 0 aromatic carbocycles. The van der Waals surface area contributed by atoms with Crippen LogP contribution >= 0.6 is 0 Å². The highest BCUT2D eigenvalue weighted by atomic mass is 16.7. The summed E-state index contributed by atoms with van der Waals surface area (Å²) in [5, 5.41) is 7.96. The van der Waals surface area contributed by atoms with Crippen LogP contribution in [0.2, 0.25) is 0 Å². The Kier molecular flexibility index (Phi) is 2.70. The van der Waals surface area contributed by atoms with Crippen LogP contribution in [0.25, 0.3) is 0 Å². The van der Waals surface area contributed by atoms with Crippen molar-refractivity contribution in [1.29, 1.82) is 0 Å². The van der Waals surface area contributed by atoms with E-state index in [2.05, 4.69) is 4.74 Å². The van der Waals surface area contributed by atoms with Gasteiger partial charge in [0, 0.05) is 0 Å². The summed E-state index contributed by atoms with van der Waals surface area (Å²) in [7, 11) is 0. The zero-order valence-corrected chi connectivity index (χ0v) is 5.25. The van der Waals surface area contributed by atoms with Crippen molar-refractivity contribution in [2.75, 3.05) is 0 Å². The summed E-state index contributed by atoms with van der Waals surface area (Å²) in [5.74, 6) is -0.294. The number of hydrogen-bond donors (Lipinski definition) is 1. The second kappa shape index (κ2) is 3.06. The van der Waals surface area contributed by atoms with Crippen LogP contribution in [0.3, 0.4) is 0 Å². The van der Waals surface area contributed by atoms with Crippen molar-refractivity contribution in [3.63, 3.8) is 0 Å². The van der Waals surface area contributed by atoms with Gasteiger partial charge in [-0.25, -0.2) is 4.79 Å². The highest BCUT2D eigenvalue weighted by Gasteiger charge is 2.10. The maximum absolute atomic E-state index is 10.3. The highest BCUT2D eigenvalue weighted by molar-refractivity contribution is 5.81. The molecule has 0 aliphatic rings. The van der Waals surface area contributed by atoms with Crippen molar-refractivity contribution in [2.45, 2.75) is 20.0 Å². The predicted octanol–water partition coefficient (Wildman–Crippen LogP) is 0.659. The second-order valence-corrected chi connectivity index (χ2v) is 1.64. The van der Waals surface area contributed by atoms with Crippen LogP contribution < -0.4 is 0 Å². The molecule has 0 rings (SSSR count). The van der Waals surface area contributed by atoms with Gasteiger partial charge in [0.05, 0.1) is 0 Å². The average molecular weight is 132 g/mol. The number of carboxylic acid groups (broad SMARTS) is 1. The van der Waals surface area contributed by atoms with Crippen LogP contribution in [-0.4, -0.2) is 23.1 Å². The number of hydrogen-bond acceptors (Lipinski definition) is 3. The van der Waals surface area contributed by atoms with E-state index in [1.165, 1.54) is 13.8 Å². The summed E-state index contributed by atoms with van der Waals surface area (Å²) in [6.07, 6.45) is -2.26. The quantitative estimate of drug-likeness (QED) is 0.560. The fourth-order valence-electron chi connectivity index (χ4n) is 0.234. The number of ketones is 1. The monoisotopic (exact) mass is 132 g/mol. The van der Waals surface area contributed by atoms with E-state index in [-0.39, 0.29) is 5.78 Å². The molecule has 0 aromatic rings. The molecule has 0 saturated heterocycles. The van der Waals surface area contributed by atoms with Gasteiger partial charge in [0.1, 0.15) is 0 Å². The van der Waals surface area contributed by atoms with Crippen molar-refractivity contribution in [2.24, 2.45) is 0 Å². The second-order valence-electron chi connectivity index (χ2n) is 1.64. The summed E-state index contributed by atoms with van der Waals surface area (Å²) in [5.41, 5.74) is 0. The van der Waals surface area contributed by atoms with E-state index < -0.39 is 12.3 Å². The molecule has 0 bridgehead atoms. The number of carbonyl (C=O) groups is 2. The van der Waals surface area contributed by atoms with Crippen LogP contribution in [0.4, 0.5) is 4.79 Å². The van der Waals surface area contributed by atoms with Crippen LogP contribution in [0.15, 0.2) is 0 Å². The molecule has 0 spiro atoms. The minimum absolute atomic E-state index is 0.294. The molecular formula is C5H8O4. The Balaban J connectivity index is 3.63. The van der Waals surface area contributed by atoms with Gasteiger partial charge in [0.25, 0.3) is 0 Å². The summed E-state index contributed by atoms with van der Waals surface area (Å²) in [4.78, 5) is 20.0. The molecule has 0 aliphatic heterocycles. The van der Waals surface area contributed by atoms with E-state index in [0.29, 0.717) is 0 Å². The number of ether oxygens (including phenoxy) is 1. The smallest absolute Gasteiger partial charge is 0.450 e. The van der Waals surface area contributed by atoms with E-state index in [1.54, 1.807) is 0 Å². The summed E-state index contributed by atoms with van der Waals surface area (Å²) in [6.45, 7) is 2.66. The summed E-state index contributed by atoms with van der Waals surface area (Å²) < 4.78 is 4.08. The van der Waals surface area contributed by atoms with Gasteiger partial charge in [-0.15, -0.1) is 0 Å². The molecular weight excluding hydrogens is 124 g/mol. The zero-order chi connectivity index (χ0) is 7.44. The van der Waals surface area contributed by atoms with Crippen molar-refractivity contribution in [1.82, 2.24) is 0 Å². The first-order chi connectivity index (χ1) is 4.04. The van der Waals surface area contributed by atoms with Gasteiger partial charge in [-0.2, -0.15) is 0 Å². The fourth-order valence-corrected chi connectivity index (χ4v) is 0.234. The number of Topliss-reactive ketones (excluding diaryl/α,β-unsaturated/α-hetero) is 1. The SMILES string of the molecule is CC(=O)C(C)OC(=O)O. The maximum atomic E-state index is 10.3. The van der Waals surface area contributed by atoms with Gasteiger partial charge in [-0.3, -0.25) is 4.79 Å². The van der Waals surface area contributed by atoms with Gasteiger partial charge in [-0.1, -0.05) is 0 Å². The van der Waals surface area contributed by atoms with Crippen molar-refractivity contribution >= 4 is 11.9 Å². The number of carbonyl (C=O) groups excluding carboxylic acids is 1. The Bertz CT molecular complexity index is 129. The first kappa shape index (κ1) is 7.94. The van der Waals surface area contributed by atoms with Gasteiger partial charge >= 0.3 is 6.16 Å².